The molecule has 4 rings (SSSR count). The number of nitrogens with one attached hydrogen (secondary N) is 1. The number of carbonyl (C=O) groups excluding carboxylic acids is 2. The molecule has 0 unspecified atom stereocenters. The quantitative estimate of drug-likeness (QED) is 0.238. The molecule has 0 bridgehead atoms. The predicted octanol–water partition coefficient (Wildman–Crippen LogP) is 4.15. The first kappa shape index (κ1) is 22.7. The standard InChI is InChI=1S/C22H16FN5O5S/c1-13-4-7-15(11-17(13)28(31)32)24-19(29)12-33-22(30)20-25-21(18-3-2-10-34-18)27(26-20)16-8-5-14(23)6-9-16/h2-11H,12H2,1H3,(H,24,29). The molecule has 0 saturated carbocycles. The van der Waals surface area contributed by atoms with E-state index < -0.39 is 29.2 Å². The number of carbonyl (C=O) groups is 2. The molecule has 10 nitrogen and oxygen atoms in total. The molecule has 12 heteroatoms. The van der Waals surface area contributed by atoms with Gasteiger partial charge < -0.3 is 10.1 Å². The SMILES string of the molecule is Cc1ccc(NC(=O)COC(=O)c2nc(-c3cccs3)n(-c3ccc(F)cc3)n2)cc1[N+](=O)[O-]. The molecule has 0 atom stereocenters. The van der Waals surface area contributed by atoms with Crippen molar-refractivity contribution in [2.45, 2.75) is 6.92 Å². The van der Waals surface area contributed by atoms with Gasteiger partial charge in [-0.25, -0.2) is 13.9 Å². The van der Waals surface area contributed by atoms with E-state index in [1.807, 2.05) is 5.38 Å². The summed E-state index contributed by atoms with van der Waals surface area (Å²) in [6, 6.07) is 13.3. The van der Waals surface area contributed by atoms with Crippen LogP contribution in [0.5, 0.6) is 0 Å². The molecule has 0 radical (unpaired) electrons. The molecular weight excluding hydrogens is 465 g/mol. The molecule has 4 aromatic rings. The average molecular weight is 481 g/mol. The number of nitro benzene ring substituents is 1. The van der Waals surface area contributed by atoms with E-state index in [-0.39, 0.29) is 17.2 Å². The third-order valence-corrected chi connectivity index (χ3v) is 5.49. The molecule has 2 heterocycles. The Morgan fingerprint density at radius 1 is 1.21 bits per heavy atom. The fraction of sp³-hybridized carbons (Fsp3) is 0.0909. The van der Waals surface area contributed by atoms with Gasteiger partial charge in [0.1, 0.15) is 5.82 Å². The summed E-state index contributed by atoms with van der Waals surface area (Å²) in [6.45, 7) is 0.925. The van der Waals surface area contributed by atoms with Gasteiger partial charge in [-0.15, -0.1) is 16.4 Å². The van der Waals surface area contributed by atoms with Gasteiger partial charge in [-0.1, -0.05) is 12.1 Å². The molecule has 0 fully saturated rings. The Balaban J connectivity index is 1.48. The molecule has 0 aliphatic carbocycles. The molecule has 0 aliphatic rings. The van der Waals surface area contributed by atoms with Crippen molar-refractivity contribution in [1.82, 2.24) is 14.8 Å². The van der Waals surface area contributed by atoms with E-state index in [2.05, 4.69) is 15.4 Å². The van der Waals surface area contributed by atoms with Crippen LogP contribution in [0.25, 0.3) is 16.4 Å². The number of hydrogen-bond acceptors (Lipinski definition) is 8. The Hall–Kier alpha value is -4.45. The van der Waals surface area contributed by atoms with Crippen LogP contribution >= 0.6 is 11.3 Å². The van der Waals surface area contributed by atoms with Crippen molar-refractivity contribution >= 4 is 34.6 Å². The summed E-state index contributed by atoms with van der Waals surface area (Å²) in [4.78, 5) is 40.2. The third kappa shape index (κ3) is 4.96. The number of nitrogens with zero attached hydrogens (tertiary/aromatic N) is 4. The van der Waals surface area contributed by atoms with Crippen molar-refractivity contribution in [3.05, 3.63) is 87.3 Å². The van der Waals surface area contributed by atoms with Crippen LogP contribution in [0.4, 0.5) is 15.8 Å². The number of nitro groups is 1. The van der Waals surface area contributed by atoms with Crippen LogP contribution in [0.1, 0.15) is 16.2 Å². The van der Waals surface area contributed by atoms with Gasteiger partial charge in [0.2, 0.25) is 0 Å². The highest BCUT2D eigenvalue weighted by atomic mass is 32.1. The molecular formula is C22H16FN5O5S. The van der Waals surface area contributed by atoms with Crippen LogP contribution in [0.15, 0.2) is 60.0 Å². The molecule has 2 aromatic carbocycles. The molecule has 34 heavy (non-hydrogen) atoms. The van der Waals surface area contributed by atoms with Gasteiger partial charge in [-0.3, -0.25) is 14.9 Å². The van der Waals surface area contributed by atoms with Gasteiger partial charge in [-0.05, 0) is 48.7 Å². The first-order chi connectivity index (χ1) is 16.3. The molecule has 2 aromatic heterocycles. The minimum Gasteiger partial charge on any atom is -0.450 e. The summed E-state index contributed by atoms with van der Waals surface area (Å²) in [7, 11) is 0. The number of amides is 1. The predicted molar refractivity (Wildman–Crippen MR) is 121 cm³/mol. The smallest absolute Gasteiger partial charge is 0.378 e. The van der Waals surface area contributed by atoms with Gasteiger partial charge in [-0.2, -0.15) is 4.98 Å². The first-order valence-corrected chi connectivity index (χ1v) is 10.7. The van der Waals surface area contributed by atoms with Crippen LogP contribution in [-0.4, -0.2) is 38.2 Å². The topological polar surface area (TPSA) is 129 Å². The number of halogens is 1. The van der Waals surface area contributed by atoms with E-state index in [0.29, 0.717) is 17.1 Å². The van der Waals surface area contributed by atoms with Crippen molar-refractivity contribution in [3.8, 4) is 16.4 Å². The van der Waals surface area contributed by atoms with E-state index in [1.54, 1.807) is 19.1 Å². The minimum atomic E-state index is -0.941. The fourth-order valence-electron chi connectivity index (χ4n) is 3.00. The lowest BCUT2D eigenvalue weighted by atomic mass is 10.2. The monoisotopic (exact) mass is 481 g/mol. The molecule has 0 saturated heterocycles. The number of aromatic nitrogens is 3. The lowest BCUT2D eigenvalue weighted by Gasteiger charge is -2.06. The Labute approximate surface area is 195 Å². The second-order valence-electron chi connectivity index (χ2n) is 7.01. The largest absolute Gasteiger partial charge is 0.450 e. The van der Waals surface area contributed by atoms with Crippen LogP contribution in [0.2, 0.25) is 0 Å². The lowest BCUT2D eigenvalue weighted by molar-refractivity contribution is -0.385. The molecule has 172 valence electrons. The molecule has 1 N–H and O–H groups in total. The van der Waals surface area contributed by atoms with Crippen molar-refractivity contribution in [2.24, 2.45) is 0 Å². The summed E-state index contributed by atoms with van der Waals surface area (Å²) < 4.78 is 19.7. The van der Waals surface area contributed by atoms with Crippen LogP contribution < -0.4 is 5.32 Å². The normalized spacial score (nSPS) is 10.6. The van der Waals surface area contributed by atoms with Crippen molar-refractivity contribution in [3.63, 3.8) is 0 Å². The number of thiophene rings is 1. The Kier molecular flexibility index (Phi) is 6.41. The van der Waals surface area contributed by atoms with Crippen LogP contribution in [-0.2, 0) is 9.53 Å². The van der Waals surface area contributed by atoms with E-state index in [0.717, 1.165) is 4.88 Å². The summed E-state index contributed by atoms with van der Waals surface area (Å²) in [5, 5.41) is 19.5. The van der Waals surface area contributed by atoms with E-state index in [4.69, 9.17) is 4.74 Å². The first-order valence-electron chi connectivity index (χ1n) is 9.80. The van der Waals surface area contributed by atoms with E-state index in [9.17, 15) is 24.1 Å². The van der Waals surface area contributed by atoms with Crippen molar-refractivity contribution < 1.29 is 23.6 Å². The zero-order chi connectivity index (χ0) is 24.2. The number of hydrogen-bond donors (Lipinski definition) is 1. The van der Waals surface area contributed by atoms with Crippen molar-refractivity contribution in [2.75, 3.05) is 11.9 Å². The molecule has 0 spiro atoms. The number of aryl methyl sites for hydroxylation is 1. The Morgan fingerprint density at radius 3 is 2.65 bits per heavy atom. The van der Waals surface area contributed by atoms with Gasteiger partial charge in [0.25, 0.3) is 17.4 Å². The molecule has 0 aliphatic heterocycles. The number of rotatable bonds is 7. The van der Waals surface area contributed by atoms with Gasteiger partial charge in [0.05, 0.1) is 15.5 Å². The maximum Gasteiger partial charge on any atom is 0.378 e. The number of esters is 1. The van der Waals surface area contributed by atoms with Crippen LogP contribution in [0.3, 0.4) is 0 Å². The Morgan fingerprint density at radius 2 is 1.97 bits per heavy atom. The lowest BCUT2D eigenvalue weighted by Crippen LogP contribution is -2.21. The number of benzene rings is 2. The zero-order valence-electron chi connectivity index (χ0n) is 17.6. The highest BCUT2D eigenvalue weighted by Crippen LogP contribution is 2.26. The third-order valence-electron chi connectivity index (χ3n) is 4.63. The molecule has 1 amide bonds. The maximum absolute atomic E-state index is 13.3. The van der Waals surface area contributed by atoms with Gasteiger partial charge in [0, 0.05) is 17.3 Å². The summed E-state index contributed by atoms with van der Waals surface area (Å²) in [6.07, 6.45) is 0. The highest BCUT2D eigenvalue weighted by molar-refractivity contribution is 7.13. The fourth-order valence-corrected chi connectivity index (χ4v) is 3.70. The maximum atomic E-state index is 13.3. The van der Waals surface area contributed by atoms with E-state index >= 15 is 0 Å². The van der Waals surface area contributed by atoms with Gasteiger partial charge in [0.15, 0.2) is 12.4 Å². The summed E-state index contributed by atoms with van der Waals surface area (Å²) in [5.41, 5.74) is 0.970. The number of anilines is 1. The zero-order valence-corrected chi connectivity index (χ0v) is 18.4. The van der Waals surface area contributed by atoms with Crippen molar-refractivity contribution in [1.29, 1.82) is 0 Å². The highest BCUT2D eigenvalue weighted by Gasteiger charge is 2.21. The van der Waals surface area contributed by atoms with E-state index in [1.165, 1.54) is 58.5 Å². The summed E-state index contributed by atoms with van der Waals surface area (Å²) >= 11 is 1.38. The van der Waals surface area contributed by atoms with Gasteiger partial charge >= 0.3 is 5.97 Å². The second-order valence-corrected chi connectivity index (χ2v) is 7.95. The number of ether oxygens (including phenoxy) is 1. The second kappa shape index (κ2) is 9.58. The Bertz CT molecular complexity index is 1370. The minimum absolute atomic E-state index is 0.147. The average Bonchev–Trinajstić information content (AvgIpc) is 3.49. The summed E-state index contributed by atoms with van der Waals surface area (Å²) in [5.74, 6) is -1.99. The van der Waals surface area contributed by atoms with Crippen LogP contribution in [0, 0.1) is 22.9 Å².